The highest BCUT2D eigenvalue weighted by atomic mass is 16.4. The Morgan fingerprint density at radius 1 is 0.971 bits per heavy atom. The van der Waals surface area contributed by atoms with Crippen molar-refractivity contribution < 1.29 is 29.4 Å². The fourth-order valence-corrected chi connectivity index (χ4v) is 2.85. The van der Waals surface area contributed by atoms with Gasteiger partial charge >= 0.3 is 5.97 Å². The Balaban J connectivity index is 2.78. The summed E-state index contributed by atoms with van der Waals surface area (Å²) in [6.45, 7) is 0.909. The van der Waals surface area contributed by atoms with Gasteiger partial charge in [0.25, 0.3) is 0 Å². The smallest absolute Gasteiger partial charge is 0.328 e. The zero-order chi connectivity index (χ0) is 25.7. The number of carbonyl (C=O) groups is 4. The minimum atomic E-state index is -1.53. The molecule has 1 rings (SSSR count). The molecule has 34 heavy (non-hydrogen) atoms. The number of carboxylic acid groups (broad SMARTS) is 1. The highest BCUT2D eigenvalue weighted by Gasteiger charge is 2.28. The summed E-state index contributed by atoms with van der Waals surface area (Å²) in [7, 11) is 0. The van der Waals surface area contributed by atoms with Gasteiger partial charge < -0.3 is 43.4 Å². The van der Waals surface area contributed by atoms with E-state index in [1.807, 2.05) is 0 Å². The molecule has 0 spiro atoms. The van der Waals surface area contributed by atoms with Gasteiger partial charge in [0.2, 0.25) is 17.7 Å². The van der Waals surface area contributed by atoms with Gasteiger partial charge in [0, 0.05) is 13.0 Å². The predicted octanol–water partition coefficient (Wildman–Crippen LogP) is -2.84. The summed E-state index contributed by atoms with van der Waals surface area (Å²) in [6.07, 6.45) is 0.802. The van der Waals surface area contributed by atoms with Crippen molar-refractivity contribution in [3.63, 3.8) is 0 Å². The number of carbonyl (C=O) groups excluding carboxylic acids is 3. The van der Waals surface area contributed by atoms with Crippen molar-refractivity contribution in [3.05, 3.63) is 35.9 Å². The molecule has 0 aliphatic heterocycles. The van der Waals surface area contributed by atoms with E-state index in [4.69, 9.17) is 22.3 Å². The highest BCUT2D eigenvalue weighted by molar-refractivity contribution is 5.94. The van der Waals surface area contributed by atoms with Crippen molar-refractivity contribution in [3.8, 4) is 0 Å². The maximum Gasteiger partial charge on any atom is 0.328 e. The summed E-state index contributed by atoms with van der Waals surface area (Å²) in [5.74, 6) is -3.52. The first kappa shape index (κ1) is 28.3. The monoisotopic (exact) mass is 479 g/mol. The molecule has 0 heterocycles. The largest absolute Gasteiger partial charge is 0.480 e. The molecular weight excluding hydrogens is 446 g/mol. The number of guanidine groups is 1. The lowest BCUT2D eigenvalue weighted by Gasteiger charge is -2.23. The van der Waals surface area contributed by atoms with Gasteiger partial charge in [-0.05, 0) is 25.3 Å². The normalized spacial score (nSPS) is 14.1. The van der Waals surface area contributed by atoms with E-state index in [9.17, 15) is 24.3 Å². The number of hydrogen-bond donors (Lipinski definition) is 8. The summed E-state index contributed by atoms with van der Waals surface area (Å²) in [6, 6.07) is 4.13. The van der Waals surface area contributed by atoms with Crippen LogP contribution < -0.4 is 33.2 Å². The topological polar surface area (TPSA) is 235 Å². The number of nitrogens with zero attached hydrogens (tertiary/aromatic N) is 1. The molecule has 0 aliphatic rings. The van der Waals surface area contributed by atoms with Crippen LogP contribution in [-0.2, 0) is 25.6 Å². The molecule has 0 fully saturated rings. The van der Waals surface area contributed by atoms with E-state index in [1.54, 1.807) is 30.3 Å². The maximum atomic E-state index is 12.7. The van der Waals surface area contributed by atoms with E-state index in [0.29, 0.717) is 18.5 Å². The number of aliphatic carboxylic acids is 1. The van der Waals surface area contributed by atoms with Gasteiger partial charge in [-0.25, -0.2) is 4.79 Å². The standard InChI is InChI=1S/C21H33N7O6/c1-12(26-18(31)14(22)8-5-9-25-21(23)24)17(30)27-15(10-13-6-3-2-4-7-13)19(32)28-16(11-29)20(33)34/h2-4,6-7,12,14-16,29H,5,8-11,22H2,1H3,(H,26,31)(H,27,30)(H,28,32)(H,33,34)(H4,23,24,25). The number of aliphatic hydroxyl groups is 1. The fraction of sp³-hybridized carbons (Fsp3) is 0.476. The number of hydrogen-bond acceptors (Lipinski definition) is 7. The minimum absolute atomic E-state index is 0.0567. The van der Waals surface area contributed by atoms with Crippen LogP contribution >= 0.6 is 0 Å². The van der Waals surface area contributed by atoms with Gasteiger partial charge in [-0.2, -0.15) is 0 Å². The van der Waals surface area contributed by atoms with Crippen LogP contribution in [0.15, 0.2) is 35.3 Å². The Kier molecular flexibility index (Phi) is 12.0. The number of aliphatic hydroxyl groups excluding tert-OH is 1. The minimum Gasteiger partial charge on any atom is -0.480 e. The molecule has 1 aromatic rings. The molecule has 13 nitrogen and oxygen atoms in total. The van der Waals surface area contributed by atoms with Crippen molar-refractivity contribution in [2.75, 3.05) is 13.2 Å². The van der Waals surface area contributed by atoms with Gasteiger partial charge in [0.1, 0.15) is 18.1 Å². The van der Waals surface area contributed by atoms with Crippen molar-refractivity contribution >= 4 is 29.7 Å². The SMILES string of the molecule is CC(NC(=O)C(N)CCCN=C(N)N)C(=O)NC(Cc1ccccc1)C(=O)NC(CO)C(=O)O. The molecule has 0 saturated heterocycles. The van der Waals surface area contributed by atoms with Crippen molar-refractivity contribution in [1.29, 1.82) is 0 Å². The van der Waals surface area contributed by atoms with E-state index in [2.05, 4.69) is 20.9 Å². The van der Waals surface area contributed by atoms with E-state index < -0.39 is 54.5 Å². The first-order valence-electron chi connectivity index (χ1n) is 10.6. The lowest BCUT2D eigenvalue weighted by Crippen LogP contribution is -2.57. The molecular formula is C21H33N7O6. The number of amides is 3. The molecule has 0 saturated carbocycles. The molecule has 1 aromatic carbocycles. The molecule has 3 amide bonds. The number of carboxylic acids is 1. The fourth-order valence-electron chi connectivity index (χ4n) is 2.85. The summed E-state index contributed by atoms with van der Waals surface area (Å²) in [4.78, 5) is 52.6. The van der Waals surface area contributed by atoms with E-state index in [-0.39, 0.29) is 18.8 Å². The van der Waals surface area contributed by atoms with Gasteiger partial charge in [-0.1, -0.05) is 30.3 Å². The molecule has 0 aliphatic carbocycles. The highest BCUT2D eigenvalue weighted by Crippen LogP contribution is 2.05. The third kappa shape index (κ3) is 10.3. The van der Waals surface area contributed by atoms with E-state index >= 15 is 0 Å². The second-order valence-corrected chi connectivity index (χ2v) is 7.62. The van der Waals surface area contributed by atoms with Crippen molar-refractivity contribution in [2.24, 2.45) is 22.2 Å². The number of benzene rings is 1. The molecule has 0 aromatic heterocycles. The quantitative estimate of drug-likeness (QED) is 0.0778. The number of nitrogens with one attached hydrogen (secondary N) is 3. The van der Waals surface area contributed by atoms with Crippen LogP contribution in [0.3, 0.4) is 0 Å². The maximum absolute atomic E-state index is 12.7. The molecule has 4 unspecified atom stereocenters. The number of rotatable bonds is 14. The average Bonchev–Trinajstić information content (AvgIpc) is 2.79. The van der Waals surface area contributed by atoms with Crippen LogP contribution in [0.5, 0.6) is 0 Å². The number of nitrogens with two attached hydrogens (primary N) is 3. The third-order valence-electron chi connectivity index (χ3n) is 4.77. The zero-order valence-electron chi connectivity index (χ0n) is 18.9. The van der Waals surface area contributed by atoms with Crippen LogP contribution in [0.2, 0.25) is 0 Å². The Morgan fingerprint density at radius 3 is 2.15 bits per heavy atom. The third-order valence-corrected chi connectivity index (χ3v) is 4.77. The zero-order valence-corrected chi connectivity index (χ0v) is 18.9. The Bertz CT molecular complexity index is 860. The van der Waals surface area contributed by atoms with Gasteiger partial charge in [0.15, 0.2) is 5.96 Å². The molecule has 0 bridgehead atoms. The van der Waals surface area contributed by atoms with Crippen molar-refractivity contribution in [1.82, 2.24) is 16.0 Å². The molecule has 188 valence electrons. The van der Waals surface area contributed by atoms with Gasteiger partial charge in [-0.3, -0.25) is 19.4 Å². The molecule has 13 heteroatoms. The van der Waals surface area contributed by atoms with E-state index in [0.717, 1.165) is 0 Å². The van der Waals surface area contributed by atoms with Gasteiger partial charge in [0.05, 0.1) is 12.6 Å². The van der Waals surface area contributed by atoms with Gasteiger partial charge in [-0.15, -0.1) is 0 Å². The average molecular weight is 480 g/mol. The van der Waals surface area contributed by atoms with Crippen LogP contribution in [0.1, 0.15) is 25.3 Å². The second-order valence-electron chi connectivity index (χ2n) is 7.62. The number of aliphatic imine (C=N–C) groups is 1. The summed E-state index contributed by atoms with van der Waals surface area (Å²) in [5.41, 5.74) is 17.0. The summed E-state index contributed by atoms with van der Waals surface area (Å²) in [5, 5.41) is 25.4. The first-order valence-corrected chi connectivity index (χ1v) is 10.6. The Morgan fingerprint density at radius 2 is 1.59 bits per heavy atom. The van der Waals surface area contributed by atoms with Crippen LogP contribution in [0.25, 0.3) is 0 Å². The van der Waals surface area contributed by atoms with Crippen LogP contribution in [0.4, 0.5) is 0 Å². The van der Waals surface area contributed by atoms with E-state index in [1.165, 1.54) is 6.92 Å². The molecule has 11 N–H and O–H groups in total. The summed E-state index contributed by atoms with van der Waals surface area (Å²) < 4.78 is 0. The Hall–Kier alpha value is -3.71. The lowest BCUT2D eigenvalue weighted by atomic mass is 10.0. The van der Waals surface area contributed by atoms with Crippen LogP contribution in [0, 0.1) is 0 Å². The second kappa shape index (κ2) is 14.4. The Labute approximate surface area is 197 Å². The first-order chi connectivity index (χ1) is 16.0. The molecule has 0 radical (unpaired) electrons. The molecule has 4 atom stereocenters. The lowest BCUT2D eigenvalue weighted by molar-refractivity contribution is -0.143. The van der Waals surface area contributed by atoms with Crippen molar-refractivity contribution in [2.45, 2.75) is 50.4 Å². The van der Waals surface area contributed by atoms with Crippen LogP contribution in [-0.4, -0.2) is 77.2 Å². The summed E-state index contributed by atoms with van der Waals surface area (Å²) >= 11 is 0. The predicted molar refractivity (Wildman–Crippen MR) is 124 cm³/mol.